The molecule has 0 aromatic carbocycles. The summed E-state index contributed by atoms with van der Waals surface area (Å²) >= 11 is 0. The fraction of sp³-hybridized carbons (Fsp3) is 0.963. The fourth-order valence-corrected chi connectivity index (χ4v) is 9.06. The largest absolute Gasteiger partial charge is 0.396 e. The van der Waals surface area contributed by atoms with Crippen LogP contribution in [0, 0.1) is 52.3 Å². The highest BCUT2D eigenvalue weighted by molar-refractivity contribution is 5.77. The lowest BCUT2D eigenvalue weighted by Crippen LogP contribution is -2.63. The van der Waals surface area contributed by atoms with E-state index in [1.807, 2.05) is 0 Å². The number of hydrogen-bond acceptors (Lipinski definition) is 2. The van der Waals surface area contributed by atoms with Crippen molar-refractivity contribution in [2.24, 2.45) is 52.3 Å². The van der Waals surface area contributed by atoms with Gasteiger partial charge in [-0.05, 0) is 90.8 Å². The maximum Gasteiger partial charge on any atom is 0.220 e. The normalized spacial score (nSPS) is 46.7. The Morgan fingerprint density at radius 3 is 2.47 bits per heavy atom. The van der Waals surface area contributed by atoms with Crippen molar-refractivity contribution in [3.8, 4) is 0 Å². The van der Waals surface area contributed by atoms with Gasteiger partial charge in [-0.2, -0.15) is 0 Å². The van der Waals surface area contributed by atoms with E-state index in [4.69, 9.17) is 0 Å². The molecule has 0 bridgehead atoms. The molecule has 4 rings (SSSR count). The molecule has 3 heteroatoms. The number of aliphatic hydroxyl groups excluding tert-OH is 1. The second-order valence-electron chi connectivity index (χ2n) is 12.6. The lowest BCUT2D eigenvalue weighted by Gasteiger charge is -2.62. The predicted molar refractivity (Wildman–Crippen MR) is 123 cm³/mol. The molecule has 0 radical (unpaired) electrons. The average molecular weight is 418 g/mol. The first kappa shape index (κ1) is 22.6. The maximum absolute atomic E-state index is 12.1. The highest BCUT2D eigenvalue weighted by Crippen LogP contribution is 2.67. The van der Waals surface area contributed by atoms with Crippen molar-refractivity contribution in [2.45, 2.75) is 105 Å². The fourth-order valence-electron chi connectivity index (χ4n) is 9.06. The Labute approximate surface area is 185 Å². The van der Waals surface area contributed by atoms with Crippen molar-refractivity contribution in [3.63, 3.8) is 0 Å². The van der Waals surface area contributed by atoms with E-state index >= 15 is 0 Å². The number of piperidine rings is 1. The second kappa shape index (κ2) is 8.41. The lowest BCUT2D eigenvalue weighted by molar-refractivity contribution is -0.149. The van der Waals surface area contributed by atoms with Gasteiger partial charge in [-0.3, -0.25) is 4.79 Å². The van der Waals surface area contributed by atoms with Gasteiger partial charge in [0, 0.05) is 19.1 Å². The van der Waals surface area contributed by atoms with Crippen molar-refractivity contribution < 1.29 is 9.90 Å². The second-order valence-corrected chi connectivity index (χ2v) is 12.6. The summed E-state index contributed by atoms with van der Waals surface area (Å²) in [5.41, 5.74) is 0.680. The Morgan fingerprint density at radius 2 is 1.77 bits per heavy atom. The van der Waals surface area contributed by atoms with Gasteiger partial charge in [0.2, 0.25) is 5.91 Å². The van der Waals surface area contributed by atoms with E-state index < -0.39 is 0 Å². The molecule has 172 valence electrons. The molecule has 1 heterocycles. The zero-order valence-corrected chi connectivity index (χ0v) is 20.3. The minimum atomic E-state index is 0.226. The van der Waals surface area contributed by atoms with Crippen LogP contribution in [-0.2, 0) is 4.79 Å². The molecule has 1 saturated heterocycles. The number of amides is 1. The Balaban J connectivity index is 1.54. The summed E-state index contributed by atoms with van der Waals surface area (Å²) in [6.07, 6.45) is 12.2. The van der Waals surface area contributed by atoms with Crippen LogP contribution in [0.4, 0.5) is 0 Å². The van der Waals surface area contributed by atoms with Gasteiger partial charge in [0.1, 0.15) is 0 Å². The summed E-state index contributed by atoms with van der Waals surface area (Å²) in [7, 11) is 0. The first-order valence-corrected chi connectivity index (χ1v) is 13.1. The first-order valence-electron chi connectivity index (χ1n) is 13.1. The molecule has 2 N–H and O–H groups in total. The van der Waals surface area contributed by atoms with Gasteiger partial charge in [-0.25, -0.2) is 0 Å². The smallest absolute Gasteiger partial charge is 0.220 e. The Bertz CT molecular complexity index is 632. The summed E-state index contributed by atoms with van der Waals surface area (Å²) < 4.78 is 0. The molecule has 3 saturated carbocycles. The molecular formula is C27H47NO2. The van der Waals surface area contributed by atoms with Gasteiger partial charge in [0.25, 0.3) is 0 Å². The van der Waals surface area contributed by atoms with Crippen LogP contribution in [0.15, 0.2) is 0 Å². The third-order valence-electron chi connectivity index (χ3n) is 10.7. The zero-order chi connectivity index (χ0) is 21.7. The minimum absolute atomic E-state index is 0.226. The van der Waals surface area contributed by atoms with Crippen LogP contribution in [-0.4, -0.2) is 23.7 Å². The Kier molecular flexibility index (Phi) is 6.34. The van der Waals surface area contributed by atoms with Gasteiger partial charge in [0.15, 0.2) is 0 Å². The molecule has 0 aromatic rings. The van der Waals surface area contributed by atoms with Crippen LogP contribution in [0.2, 0.25) is 0 Å². The Hall–Kier alpha value is -0.570. The third kappa shape index (κ3) is 3.65. The van der Waals surface area contributed by atoms with Gasteiger partial charge in [-0.1, -0.05) is 53.9 Å². The van der Waals surface area contributed by atoms with E-state index in [0.717, 1.165) is 36.5 Å². The topological polar surface area (TPSA) is 49.3 Å². The Morgan fingerprint density at radius 1 is 1.03 bits per heavy atom. The average Bonchev–Trinajstić information content (AvgIpc) is 3.05. The number of aliphatic hydroxyl groups is 1. The molecule has 3 nitrogen and oxygen atoms in total. The van der Waals surface area contributed by atoms with Crippen LogP contribution < -0.4 is 5.32 Å². The van der Waals surface area contributed by atoms with Crippen LogP contribution in [0.5, 0.6) is 0 Å². The number of carbonyl (C=O) groups is 1. The van der Waals surface area contributed by atoms with E-state index in [2.05, 4.69) is 39.9 Å². The van der Waals surface area contributed by atoms with E-state index in [9.17, 15) is 9.90 Å². The van der Waals surface area contributed by atoms with E-state index in [0.29, 0.717) is 36.2 Å². The maximum atomic E-state index is 12.1. The van der Waals surface area contributed by atoms with Crippen LogP contribution in [0.3, 0.4) is 0 Å². The molecule has 4 fully saturated rings. The highest BCUT2D eigenvalue weighted by atomic mass is 16.3. The molecule has 3 aliphatic carbocycles. The first-order chi connectivity index (χ1) is 14.2. The minimum Gasteiger partial charge on any atom is -0.396 e. The highest BCUT2D eigenvalue weighted by Gasteiger charge is 2.62. The van der Waals surface area contributed by atoms with Gasteiger partial charge >= 0.3 is 0 Å². The predicted octanol–water partition coefficient (Wildman–Crippen LogP) is 5.80. The number of hydrogen-bond donors (Lipinski definition) is 2. The SMILES string of the molecule is CC(C)CCC[C@@H](C)[C@H]1CC[C@H]2[C@@H]3[C@@H](CO)C[C@@H]4NC(=O)CC[C@]4(C)[C@H]3CC[C@]12C. The van der Waals surface area contributed by atoms with Crippen molar-refractivity contribution in [3.05, 3.63) is 0 Å². The van der Waals surface area contributed by atoms with Crippen molar-refractivity contribution in [1.29, 1.82) is 0 Å². The van der Waals surface area contributed by atoms with Crippen LogP contribution in [0.25, 0.3) is 0 Å². The molecule has 1 aliphatic heterocycles. The molecule has 1 amide bonds. The lowest BCUT2D eigenvalue weighted by atomic mass is 9.44. The standard InChI is InChI=1S/C27H47NO2/c1-17(2)7-6-8-18(3)20-9-10-21-25-19(16-29)15-23-27(5,14-12-24(30)28-23)22(25)11-13-26(20,21)4/h17-23,25,29H,6-16H2,1-5H3,(H,28,30)/t18-,19-,20-,21+,22+,23+,25+,26-,27-/m1/s1. The number of nitrogens with one attached hydrogen (secondary N) is 1. The van der Waals surface area contributed by atoms with Gasteiger partial charge < -0.3 is 10.4 Å². The van der Waals surface area contributed by atoms with Crippen molar-refractivity contribution in [2.75, 3.05) is 6.61 Å². The van der Waals surface area contributed by atoms with Gasteiger partial charge in [0.05, 0.1) is 0 Å². The molecule has 9 atom stereocenters. The van der Waals surface area contributed by atoms with E-state index in [1.54, 1.807) is 0 Å². The van der Waals surface area contributed by atoms with Crippen molar-refractivity contribution >= 4 is 5.91 Å². The summed E-state index contributed by atoms with van der Waals surface area (Å²) in [5, 5.41) is 13.7. The molecule has 4 aliphatic rings. The summed E-state index contributed by atoms with van der Waals surface area (Å²) in [6.45, 7) is 12.6. The summed E-state index contributed by atoms with van der Waals surface area (Å²) in [6, 6.07) is 0.272. The van der Waals surface area contributed by atoms with Crippen LogP contribution in [0.1, 0.15) is 98.8 Å². The van der Waals surface area contributed by atoms with E-state index in [1.165, 1.54) is 44.9 Å². The molecule has 0 aromatic heterocycles. The summed E-state index contributed by atoms with van der Waals surface area (Å²) in [5.74, 6) is 5.17. The van der Waals surface area contributed by atoms with Gasteiger partial charge in [-0.15, -0.1) is 0 Å². The number of fused-ring (bicyclic) bond motifs is 5. The zero-order valence-electron chi connectivity index (χ0n) is 20.3. The number of rotatable bonds is 6. The molecule has 0 spiro atoms. The summed E-state index contributed by atoms with van der Waals surface area (Å²) in [4.78, 5) is 12.1. The monoisotopic (exact) mass is 417 g/mol. The van der Waals surface area contributed by atoms with E-state index in [-0.39, 0.29) is 17.4 Å². The number of carbonyl (C=O) groups excluding carboxylic acids is 1. The molecule has 0 unspecified atom stereocenters. The molecule has 30 heavy (non-hydrogen) atoms. The van der Waals surface area contributed by atoms with Crippen molar-refractivity contribution in [1.82, 2.24) is 5.32 Å². The molecular weight excluding hydrogens is 370 g/mol. The third-order valence-corrected chi connectivity index (χ3v) is 10.7. The van der Waals surface area contributed by atoms with Crippen LogP contribution >= 0.6 is 0 Å². The quantitative estimate of drug-likeness (QED) is 0.573.